The summed E-state index contributed by atoms with van der Waals surface area (Å²) in [6.07, 6.45) is 0. The highest BCUT2D eigenvalue weighted by Gasteiger charge is 2.21. The summed E-state index contributed by atoms with van der Waals surface area (Å²) in [7, 11) is 0. The van der Waals surface area contributed by atoms with E-state index in [1.165, 1.54) is 81.9 Å². The van der Waals surface area contributed by atoms with Crippen LogP contribution in [0, 0.1) is 0 Å². The van der Waals surface area contributed by atoms with Crippen LogP contribution in [0.15, 0.2) is 176 Å². The summed E-state index contributed by atoms with van der Waals surface area (Å²) >= 11 is 0. The van der Waals surface area contributed by atoms with Gasteiger partial charge in [-0.05, 0) is 97.9 Å². The van der Waals surface area contributed by atoms with E-state index in [9.17, 15) is 0 Å². The smallest absolute Gasteiger partial charge is 0.135 e. The molecule has 2 nitrogen and oxygen atoms in total. The first-order valence-electron chi connectivity index (χ1n) is 17.2. The predicted octanol–water partition coefficient (Wildman–Crippen LogP) is 13.3. The van der Waals surface area contributed by atoms with Crippen molar-refractivity contribution in [2.45, 2.75) is 0 Å². The fourth-order valence-electron chi connectivity index (χ4n) is 8.16. The van der Waals surface area contributed by atoms with Crippen LogP contribution in [0.2, 0.25) is 0 Å². The molecule has 0 radical (unpaired) electrons. The Hall–Kier alpha value is -6.64. The number of aromatic nitrogens is 1. The van der Waals surface area contributed by atoms with Gasteiger partial charge in [-0.1, -0.05) is 127 Å². The number of rotatable bonds is 3. The van der Waals surface area contributed by atoms with Gasteiger partial charge in [0.05, 0.1) is 11.0 Å². The average Bonchev–Trinajstić information content (AvgIpc) is 3.51. The lowest BCUT2D eigenvalue weighted by atomic mass is 9.91. The zero-order chi connectivity index (χ0) is 32.8. The summed E-state index contributed by atoms with van der Waals surface area (Å²) in [5, 5.41) is 9.94. The number of hydrogen-bond acceptors (Lipinski definition) is 1. The molecule has 0 saturated carbocycles. The predicted molar refractivity (Wildman–Crippen MR) is 210 cm³/mol. The van der Waals surface area contributed by atoms with Crippen LogP contribution in [-0.4, -0.2) is 4.57 Å². The van der Waals surface area contributed by atoms with Crippen molar-refractivity contribution in [1.29, 1.82) is 0 Å². The molecule has 0 spiro atoms. The molecule has 10 aromatic rings. The second kappa shape index (κ2) is 10.4. The molecule has 0 unspecified atom stereocenters. The van der Waals surface area contributed by atoms with E-state index < -0.39 is 0 Å². The zero-order valence-corrected chi connectivity index (χ0v) is 27.1. The van der Waals surface area contributed by atoms with E-state index in [0.29, 0.717) is 0 Å². The standard InChI is InChI=1S/C48H29NO/c1-2-10-36-29-44-42(27-35(36)9-1)41-24-20-31-8-3-4-15-39(31)48(41)49(44)38-22-18-30(19-23-38)33-13-5-14-34(26-33)37-21-25-45-43(28-37)40-16-6-11-32-12-7-17-46(50-45)47(32)40/h1-29H. The van der Waals surface area contributed by atoms with Gasteiger partial charge >= 0.3 is 0 Å². The van der Waals surface area contributed by atoms with Crippen molar-refractivity contribution < 1.29 is 4.74 Å². The summed E-state index contributed by atoms with van der Waals surface area (Å²) < 4.78 is 8.82. The molecule has 11 rings (SSSR count). The topological polar surface area (TPSA) is 14.2 Å². The van der Waals surface area contributed by atoms with Crippen LogP contribution in [0.4, 0.5) is 0 Å². The number of benzene rings is 9. The van der Waals surface area contributed by atoms with Gasteiger partial charge in [0, 0.05) is 32.8 Å². The van der Waals surface area contributed by atoms with Gasteiger partial charge in [-0.25, -0.2) is 0 Å². The van der Waals surface area contributed by atoms with E-state index in [0.717, 1.165) is 22.7 Å². The maximum atomic E-state index is 6.37. The molecule has 0 aliphatic carbocycles. The van der Waals surface area contributed by atoms with Crippen LogP contribution in [-0.2, 0) is 0 Å². The highest BCUT2D eigenvalue weighted by Crippen LogP contribution is 2.47. The van der Waals surface area contributed by atoms with Crippen LogP contribution in [0.25, 0.3) is 93.2 Å². The molecule has 50 heavy (non-hydrogen) atoms. The van der Waals surface area contributed by atoms with Crippen LogP contribution in [0.5, 0.6) is 11.5 Å². The minimum absolute atomic E-state index is 0.900. The van der Waals surface area contributed by atoms with Gasteiger partial charge in [-0.2, -0.15) is 0 Å². The van der Waals surface area contributed by atoms with Gasteiger partial charge in [0.1, 0.15) is 11.5 Å². The number of hydrogen-bond donors (Lipinski definition) is 0. The van der Waals surface area contributed by atoms with Gasteiger partial charge in [0.25, 0.3) is 0 Å². The van der Waals surface area contributed by atoms with Crippen molar-refractivity contribution in [3.8, 4) is 50.6 Å². The van der Waals surface area contributed by atoms with Crippen molar-refractivity contribution >= 4 is 54.1 Å². The first-order valence-corrected chi connectivity index (χ1v) is 17.2. The lowest BCUT2D eigenvalue weighted by Crippen LogP contribution is -1.97. The molecule has 2 heteroatoms. The third-order valence-electron chi connectivity index (χ3n) is 10.5. The summed E-state index contributed by atoms with van der Waals surface area (Å²) in [5.41, 5.74) is 10.7. The Morgan fingerprint density at radius 2 is 1.04 bits per heavy atom. The molecule has 2 heterocycles. The lowest BCUT2D eigenvalue weighted by Gasteiger charge is -2.22. The third-order valence-corrected chi connectivity index (χ3v) is 10.5. The largest absolute Gasteiger partial charge is 0.456 e. The molecule has 232 valence electrons. The maximum absolute atomic E-state index is 6.37. The quantitative estimate of drug-likeness (QED) is 0.188. The van der Waals surface area contributed by atoms with Crippen LogP contribution in [0.1, 0.15) is 0 Å². The second-order valence-corrected chi connectivity index (χ2v) is 13.3. The molecule has 0 fully saturated rings. The summed E-state index contributed by atoms with van der Waals surface area (Å²) in [5.74, 6) is 1.82. The van der Waals surface area contributed by atoms with E-state index in [2.05, 4.69) is 180 Å². The fourth-order valence-corrected chi connectivity index (χ4v) is 8.16. The van der Waals surface area contributed by atoms with Gasteiger partial charge in [0.2, 0.25) is 0 Å². The Balaban J connectivity index is 1.02. The fraction of sp³-hybridized carbons (Fsp3) is 0. The third kappa shape index (κ3) is 4.03. The number of ether oxygens (including phenoxy) is 1. The summed E-state index contributed by atoms with van der Waals surface area (Å²) in [6, 6.07) is 63.9. The van der Waals surface area contributed by atoms with E-state index >= 15 is 0 Å². The lowest BCUT2D eigenvalue weighted by molar-refractivity contribution is 0.487. The van der Waals surface area contributed by atoms with Crippen molar-refractivity contribution in [1.82, 2.24) is 4.57 Å². The zero-order valence-electron chi connectivity index (χ0n) is 27.1. The molecule has 0 saturated heterocycles. The first-order chi connectivity index (χ1) is 24.8. The molecular formula is C48H29NO. The normalized spacial score (nSPS) is 12.2. The van der Waals surface area contributed by atoms with Crippen LogP contribution < -0.4 is 4.74 Å². The Kier molecular flexibility index (Phi) is 5.70. The molecule has 1 aliphatic heterocycles. The molecule has 0 amide bonds. The first kappa shape index (κ1) is 27.3. The SMILES string of the molecule is c1cc(-c2ccc(-n3c4cc5ccccc5cc4c4ccc5ccccc5c43)cc2)cc(-c2ccc3c(c2)-c2cccc4cccc(c24)O3)c1. The Morgan fingerprint density at radius 1 is 0.360 bits per heavy atom. The van der Waals surface area contributed by atoms with Gasteiger partial charge in [-0.3, -0.25) is 0 Å². The minimum atomic E-state index is 0.900. The molecule has 0 atom stereocenters. The van der Waals surface area contributed by atoms with Gasteiger partial charge < -0.3 is 9.30 Å². The second-order valence-electron chi connectivity index (χ2n) is 13.3. The summed E-state index contributed by atoms with van der Waals surface area (Å²) in [6.45, 7) is 0. The molecule has 1 aliphatic rings. The summed E-state index contributed by atoms with van der Waals surface area (Å²) in [4.78, 5) is 0. The van der Waals surface area contributed by atoms with E-state index in [1.54, 1.807) is 0 Å². The van der Waals surface area contributed by atoms with Crippen molar-refractivity contribution in [3.05, 3.63) is 176 Å². The average molecular weight is 636 g/mol. The highest BCUT2D eigenvalue weighted by atomic mass is 16.5. The number of fused-ring (bicyclic) bond motifs is 8. The Labute approximate surface area is 289 Å². The van der Waals surface area contributed by atoms with E-state index in [-0.39, 0.29) is 0 Å². The molecule has 0 bridgehead atoms. The van der Waals surface area contributed by atoms with Crippen LogP contribution >= 0.6 is 0 Å². The van der Waals surface area contributed by atoms with E-state index in [4.69, 9.17) is 4.74 Å². The van der Waals surface area contributed by atoms with Crippen LogP contribution in [0.3, 0.4) is 0 Å². The van der Waals surface area contributed by atoms with Gasteiger partial charge in [-0.15, -0.1) is 0 Å². The van der Waals surface area contributed by atoms with Crippen molar-refractivity contribution in [2.24, 2.45) is 0 Å². The monoisotopic (exact) mass is 635 g/mol. The molecule has 0 N–H and O–H groups in total. The maximum Gasteiger partial charge on any atom is 0.135 e. The van der Waals surface area contributed by atoms with E-state index in [1.807, 2.05) is 0 Å². The Morgan fingerprint density at radius 3 is 1.90 bits per heavy atom. The van der Waals surface area contributed by atoms with Crippen molar-refractivity contribution in [3.63, 3.8) is 0 Å². The highest BCUT2D eigenvalue weighted by molar-refractivity contribution is 6.20. The van der Waals surface area contributed by atoms with Gasteiger partial charge in [0.15, 0.2) is 0 Å². The number of nitrogens with zero attached hydrogens (tertiary/aromatic N) is 1. The van der Waals surface area contributed by atoms with Crippen molar-refractivity contribution in [2.75, 3.05) is 0 Å². The minimum Gasteiger partial charge on any atom is -0.456 e. The molecule has 1 aromatic heterocycles. The Bertz CT molecular complexity index is 3000. The molecular weight excluding hydrogens is 607 g/mol. The molecule has 9 aromatic carbocycles.